The first-order valence-corrected chi connectivity index (χ1v) is 9.72. The van der Waals surface area contributed by atoms with E-state index >= 15 is 0 Å². The van der Waals surface area contributed by atoms with Crippen molar-refractivity contribution in [1.82, 2.24) is 18.9 Å². The molecule has 30 heavy (non-hydrogen) atoms. The average molecular weight is 398 g/mol. The van der Waals surface area contributed by atoms with Gasteiger partial charge in [-0.25, -0.2) is 9.97 Å². The van der Waals surface area contributed by atoms with Crippen molar-refractivity contribution in [1.29, 1.82) is 5.26 Å². The first kappa shape index (κ1) is 19.4. The molecule has 3 heterocycles. The van der Waals surface area contributed by atoms with Crippen molar-refractivity contribution >= 4 is 17.4 Å². The molecule has 0 aliphatic rings. The number of aromatic nitrogens is 4. The maximum Gasteiger partial charge on any atom is 0.256 e. The van der Waals surface area contributed by atoms with Gasteiger partial charge in [-0.05, 0) is 41.7 Å². The number of amides is 1. The van der Waals surface area contributed by atoms with Gasteiger partial charge in [-0.3, -0.25) is 4.79 Å². The fourth-order valence-corrected chi connectivity index (χ4v) is 3.38. The molecule has 7 nitrogen and oxygen atoms in total. The molecule has 150 valence electrons. The van der Waals surface area contributed by atoms with Crippen LogP contribution in [-0.2, 0) is 5.41 Å². The molecule has 4 rings (SSSR count). The van der Waals surface area contributed by atoms with Gasteiger partial charge in [-0.15, -0.1) is 0 Å². The summed E-state index contributed by atoms with van der Waals surface area (Å²) in [5.74, 6) is 0.274. The number of nitriles is 1. The van der Waals surface area contributed by atoms with E-state index in [0.717, 1.165) is 23.3 Å². The predicted molar refractivity (Wildman–Crippen MR) is 115 cm³/mol. The third-order valence-electron chi connectivity index (χ3n) is 5.27. The molecule has 1 amide bonds. The molecule has 0 atom stereocenters. The van der Waals surface area contributed by atoms with Crippen molar-refractivity contribution in [2.24, 2.45) is 0 Å². The molecule has 4 aromatic rings. The molecule has 1 N–H and O–H groups in total. The van der Waals surface area contributed by atoms with Crippen molar-refractivity contribution in [2.45, 2.75) is 32.1 Å². The van der Waals surface area contributed by atoms with Gasteiger partial charge in [-0.2, -0.15) is 5.26 Å². The number of pyridine rings is 1. The second-order valence-electron chi connectivity index (χ2n) is 7.82. The lowest BCUT2D eigenvalue weighted by Crippen LogP contribution is -2.17. The van der Waals surface area contributed by atoms with E-state index in [1.807, 2.05) is 57.8 Å². The van der Waals surface area contributed by atoms with E-state index in [9.17, 15) is 4.79 Å². The van der Waals surface area contributed by atoms with Crippen LogP contribution in [0.4, 0.5) is 5.82 Å². The summed E-state index contributed by atoms with van der Waals surface area (Å²) in [5.41, 5.74) is 3.24. The summed E-state index contributed by atoms with van der Waals surface area (Å²) in [7, 11) is 0. The highest BCUT2D eigenvalue weighted by Crippen LogP contribution is 2.28. The van der Waals surface area contributed by atoms with Crippen LogP contribution in [0.5, 0.6) is 0 Å². The van der Waals surface area contributed by atoms with Crippen LogP contribution >= 0.6 is 0 Å². The van der Waals surface area contributed by atoms with Crippen LogP contribution in [0, 0.1) is 11.3 Å². The van der Waals surface area contributed by atoms with Crippen LogP contribution in [-0.4, -0.2) is 24.8 Å². The fourth-order valence-electron chi connectivity index (χ4n) is 3.38. The zero-order chi connectivity index (χ0) is 21.1. The van der Waals surface area contributed by atoms with Gasteiger partial charge >= 0.3 is 0 Å². The van der Waals surface area contributed by atoms with E-state index < -0.39 is 0 Å². The first-order chi connectivity index (χ1) is 14.5. The molecule has 0 saturated carbocycles. The van der Waals surface area contributed by atoms with Crippen LogP contribution in [0.2, 0.25) is 0 Å². The minimum absolute atomic E-state index is 0.112. The number of rotatable bonds is 6. The van der Waals surface area contributed by atoms with Crippen LogP contribution in [0.15, 0.2) is 67.5 Å². The Morgan fingerprint density at radius 1 is 1.17 bits per heavy atom. The molecule has 0 spiro atoms. The summed E-state index contributed by atoms with van der Waals surface area (Å²) in [5, 5.41) is 11.7. The van der Waals surface area contributed by atoms with Gasteiger partial charge in [0.15, 0.2) is 5.82 Å². The number of anilines is 1. The van der Waals surface area contributed by atoms with E-state index in [1.54, 1.807) is 18.7 Å². The quantitative estimate of drug-likeness (QED) is 0.523. The van der Waals surface area contributed by atoms with Crippen LogP contribution in [0.25, 0.3) is 11.3 Å². The summed E-state index contributed by atoms with van der Waals surface area (Å²) in [6.45, 7) is 4.21. The number of imidazole rings is 2. The van der Waals surface area contributed by atoms with Crippen molar-refractivity contribution in [3.63, 3.8) is 0 Å². The van der Waals surface area contributed by atoms with Gasteiger partial charge in [0.2, 0.25) is 0 Å². The van der Waals surface area contributed by atoms with Crippen molar-refractivity contribution in [2.75, 3.05) is 5.32 Å². The number of fused-ring (bicyclic) bond motifs is 1. The summed E-state index contributed by atoms with van der Waals surface area (Å²) < 4.78 is 3.77. The Balaban J connectivity index is 1.49. The number of carbonyl (C=O) groups excluding carboxylic acids is 1. The summed E-state index contributed by atoms with van der Waals surface area (Å²) in [4.78, 5) is 21.2. The smallest absolute Gasteiger partial charge is 0.256 e. The number of hydrogen-bond acceptors (Lipinski definition) is 4. The highest BCUT2D eigenvalue weighted by Gasteiger charge is 2.20. The largest absolute Gasteiger partial charge is 0.305 e. The summed E-state index contributed by atoms with van der Waals surface area (Å²) >= 11 is 0. The van der Waals surface area contributed by atoms with Gasteiger partial charge < -0.3 is 14.3 Å². The number of carbonyl (C=O) groups is 1. The van der Waals surface area contributed by atoms with Gasteiger partial charge in [0.05, 0.1) is 24.3 Å². The molecule has 3 aromatic heterocycles. The average Bonchev–Trinajstić information content (AvgIpc) is 3.41. The summed E-state index contributed by atoms with van der Waals surface area (Å²) in [6, 6.07) is 13.6. The van der Waals surface area contributed by atoms with E-state index in [2.05, 4.69) is 35.2 Å². The molecular weight excluding hydrogens is 376 g/mol. The third kappa shape index (κ3) is 3.94. The molecule has 0 fully saturated rings. The molecule has 0 bridgehead atoms. The SMILES string of the molecule is CC(C)(CCC#N)c1ccc(C(=O)Nc2cn3cc(-n4ccnc4)ccc3n2)cc1. The highest BCUT2D eigenvalue weighted by molar-refractivity contribution is 6.03. The Labute approximate surface area is 174 Å². The molecule has 0 saturated heterocycles. The molecule has 7 heteroatoms. The Kier molecular flexibility index (Phi) is 5.07. The minimum atomic E-state index is -0.213. The van der Waals surface area contributed by atoms with E-state index in [-0.39, 0.29) is 11.3 Å². The minimum Gasteiger partial charge on any atom is -0.305 e. The van der Waals surface area contributed by atoms with E-state index in [4.69, 9.17) is 5.26 Å². The molecule has 0 aliphatic heterocycles. The van der Waals surface area contributed by atoms with Gasteiger partial charge in [0.1, 0.15) is 5.65 Å². The van der Waals surface area contributed by atoms with Crippen molar-refractivity contribution < 1.29 is 4.79 Å². The molecule has 0 unspecified atom stereocenters. The maximum absolute atomic E-state index is 12.7. The Bertz CT molecular complexity index is 1210. The molecular formula is C23H22N6O. The fraction of sp³-hybridized carbons (Fsp3) is 0.217. The van der Waals surface area contributed by atoms with Crippen LogP contribution < -0.4 is 5.32 Å². The number of nitrogens with one attached hydrogen (secondary N) is 1. The van der Waals surface area contributed by atoms with E-state index in [0.29, 0.717) is 17.8 Å². The lowest BCUT2D eigenvalue weighted by atomic mass is 9.80. The monoisotopic (exact) mass is 398 g/mol. The Hall–Kier alpha value is -3.92. The zero-order valence-corrected chi connectivity index (χ0v) is 16.9. The predicted octanol–water partition coefficient (Wildman–Crippen LogP) is 4.35. The standard InChI is InChI=1S/C23H22N6O/c1-23(2,10-3-11-24)18-6-4-17(5-7-18)22(30)27-20-15-29-14-19(8-9-21(29)26-20)28-13-12-25-16-28/h4-9,12-16H,3,10H2,1-2H3,(H,27,30). The second kappa shape index (κ2) is 7.84. The second-order valence-corrected chi connectivity index (χ2v) is 7.82. The number of nitrogens with zero attached hydrogens (tertiary/aromatic N) is 5. The first-order valence-electron chi connectivity index (χ1n) is 9.72. The van der Waals surface area contributed by atoms with Crippen molar-refractivity contribution in [3.05, 3.63) is 78.6 Å². The lowest BCUT2D eigenvalue weighted by molar-refractivity contribution is 0.102. The van der Waals surface area contributed by atoms with Crippen LogP contribution in [0.3, 0.4) is 0 Å². The highest BCUT2D eigenvalue weighted by atomic mass is 16.1. The Morgan fingerprint density at radius 2 is 1.97 bits per heavy atom. The lowest BCUT2D eigenvalue weighted by Gasteiger charge is -2.24. The third-order valence-corrected chi connectivity index (χ3v) is 5.27. The Morgan fingerprint density at radius 3 is 2.67 bits per heavy atom. The molecule has 0 radical (unpaired) electrons. The molecule has 0 aliphatic carbocycles. The van der Waals surface area contributed by atoms with Gasteiger partial charge in [0, 0.05) is 30.6 Å². The van der Waals surface area contributed by atoms with Crippen molar-refractivity contribution in [3.8, 4) is 11.8 Å². The van der Waals surface area contributed by atoms with Crippen LogP contribution in [0.1, 0.15) is 42.6 Å². The number of benzene rings is 1. The zero-order valence-electron chi connectivity index (χ0n) is 16.9. The molecule has 1 aromatic carbocycles. The van der Waals surface area contributed by atoms with Gasteiger partial charge in [-0.1, -0.05) is 26.0 Å². The number of hydrogen-bond donors (Lipinski definition) is 1. The summed E-state index contributed by atoms with van der Waals surface area (Å²) in [6.07, 6.45) is 10.3. The van der Waals surface area contributed by atoms with Gasteiger partial charge in [0.25, 0.3) is 5.91 Å². The maximum atomic E-state index is 12.7. The normalized spacial score (nSPS) is 11.4. The topological polar surface area (TPSA) is 88.0 Å². The van der Waals surface area contributed by atoms with E-state index in [1.165, 1.54) is 0 Å².